The van der Waals surface area contributed by atoms with Gasteiger partial charge >= 0.3 is 5.69 Å². The largest absolute Gasteiger partial charge is 0.394 e. The van der Waals surface area contributed by atoms with Gasteiger partial charge in [0.1, 0.15) is 12.0 Å². The zero-order valence-electron chi connectivity index (χ0n) is 13.0. The third-order valence-corrected chi connectivity index (χ3v) is 3.82. The number of carbonyl (C=O) groups excluding carboxylic acids is 1. The monoisotopic (exact) mass is 351 g/mol. The molecule has 0 bridgehead atoms. The first-order chi connectivity index (χ1) is 12.0. The maximum absolute atomic E-state index is 14.2. The van der Waals surface area contributed by atoms with Crippen molar-refractivity contribution in [2.75, 3.05) is 11.9 Å². The smallest absolute Gasteiger partial charge is 0.351 e. The molecule has 2 atom stereocenters. The van der Waals surface area contributed by atoms with Crippen LogP contribution in [0.1, 0.15) is 29.4 Å². The predicted octanol–water partition coefficient (Wildman–Crippen LogP) is 1.44. The van der Waals surface area contributed by atoms with Gasteiger partial charge in [-0.25, -0.2) is 13.6 Å². The van der Waals surface area contributed by atoms with Crippen LogP contribution in [0.25, 0.3) is 0 Å². The molecule has 1 aromatic carbocycles. The Morgan fingerprint density at radius 2 is 2.20 bits per heavy atom. The summed E-state index contributed by atoms with van der Waals surface area (Å²) in [7, 11) is 0. The van der Waals surface area contributed by atoms with Crippen molar-refractivity contribution in [1.29, 1.82) is 0 Å². The minimum absolute atomic E-state index is 0.0321. The first-order valence-corrected chi connectivity index (χ1v) is 7.60. The second-order valence-electron chi connectivity index (χ2n) is 5.56. The topological polar surface area (TPSA) is 93.5 Å². The molecule has 1 fully saturated rings. The fourth-order valence-electron chi connectivity index (χ4n) is 2.57. The highest BCUT2D eigenvalue weighted by Gasteiger charge is 2.27. The number of nitrogens with zero attached hydrogens (tertiary/aromatic N) is 2. The highest BCUT2D eigenvalue weighted by molar-refractivity contribution is 6.03. The van der Waals surface area contributed by atoms with Crippen LogP contribution in [0.5, 0.6) is 0 Å². The number of nitrogens with one attached hydrogen (secondary N) is 1. The molecule has 1 amide bonds. The summed E-state index contributed by atoms with van der Waals surface area (Å²) >= 11 is 0. The van der Waals surface area contributed by atoms with Crippen LogP contribution in [0.2, 0.25) is 0 Å². The third-order valence-electron chi connectivity index (χ3n) is 3.82. The summed E-state index contributed by atoms with van der Waals surface area (Å²) in [6.45, 7) is -0.192. The number of amides is 1. The van der Waals surface area contributed by atoms with E-state index in [4.69, 9.17) is 9.84 Å². The lowest BCUT2D eigenvalue weighted by Crippen LogP contribution is -2.30. The van der Waals surface area contributed by atoms with Crippen molar-refractivity contribution in [3.63, 3.8) is 0 Å². The predicted molar refractivity (Wildman–Crippen MR) is 83.0 cm³/mol. The average molecular weight is 351 g/mol. The summed E-state index contributed by atoms with van der Waals surface area (Å²) in [5, 5.41) is 11.2. The first-order valence-electron chi connectivity index (χ1n) is 7.60. The third kappa shape index (κ3) is 3.72. The highest BCUT2D eigenvalue weighted by Crippen LogP contribution is 2.27. The summed E-state index contributed by atoms with van der Waals surface area (Å²) in [5.41, 5.74) is -0.838. The molecule has 1 aliphatic rings. The van der Waals surface area contributed by atoms with E-state index in [1.54, 1.807) is 0 Å². The Morgan fingerprint density at radius 3 is 2.88 bits per heavy atom. The molecule has 2 heterocycles. The lowest BCUT2D eigenvalue weighted by Gasteiger charge is -2.15. The molecule has 9 heteroatoms. The molecule has 25 heavy (non-hydrogen) atoms. The Labute approximate surface area is 140 Å². The number of aliphatic hydroxyl groups excluding tert-OH is 1. The average Bonchev–Trinajstić information content (AvgIpc) is 3.06. The number of hydrogen-bond donors (Lipinski definition) is 2. The Hall–Kier alpha value is -2.65. The molecule has 0 unspecified atom stereocenters. The van der Waals surface area contributed by atoms with Crippen molar-refractivity contribution in [3.8, 4) is 0 Å². The van der Waals surface area contributed by atoms with Crippen molar-refractivity contribution >= 4 is 11.7 Å². The van der Waals surface area contributed by atoms with Crippen LogP contribution < -0.4 is 11.0 Å². The molecule has 1 aliphatic heterocycles. The van der Waals surface area contributed by atoms with Crippen molar-refractivity contribution in [2.45, 2.75) is 25.2 Å². The van der Waals surface area contributed by atoms with Gasteiger partial charge in [-0.3, -0.25) is 9.36 Å². The quantitative estimate of drug-likeness (QED) is 0.870. The molecule has 2 N–H and O–H groups in total. The number of halogens is 2. The van der Waals surface area contributed by atoms with E-state index < -0.39 is 41.4 Å². The number of hydrogen-bond acceptors (Lipinski definition) is 5. The first kappa shape index (κ1) is 17.2. The lowest BCUT2D eigenvalue weighted by atomic mass is 10.2. The molecule has 7 nitrogen and oxygen atoms in total. The lowest BCUT2D eigenvalue weighted by molar-refractivity contribution is -0.0249. The van der Waals surface area contributed by atoms with E-state index in [0.717, 1.165) is 22.9 Å². The number of anilines is 1. The van der Waals surface area contributed by atoms with Gasteiger partial charge in [0.05, 0.1) is 18.9 Å². The van der Waals surface area contributed by atoms with Gasteiger partial charge in [-0.1, -0.05) is 6.07 Å². The van der Waals surface area contributed by atoms with Crippen LogP contribution in [-0.4, -0.2) is 33.3 Å². The zero-order valence-corrected chi connectivity index (χ0v) is 13.0. The number of aliphatic hydroxyl groups is 1. The van der Waals surface area contributed by atoms with Crippen molar-refractivity contribution in [1.82, 2.24) is 9.55 Å². The van der Waals surface area contributed by atoms with E-state index in [0.29, 0.717) is 12.8 Å². The molecule has 0 aliphatic carbocycles. The van der Waals surface area contributed by atoms with Crippen molar-refractivity contribution in [2.24, 2.45) is 0 Å². The number of rotatable bonds is 4. The zero-order chi connectivity index (χ0) is 18.0. The van der Waals surface area contributed by atoms with Gasteiger partial charge in [0, 0.05) is 5.56 Å². The summed E-state index contributed by atoms with van der Waals surface area (Å²) < 4.78 is 33.7. The van der Waals surface area contributed by atoms with Crippen molar-refractivity contribution in [3.05, 3.63) is 58.1 Å². The minimum Gasteiger partial charge on any atom is -0.394 e. The van der Waals surface area contributed by atoms with Crippen LogP contribution in [-0.2, 0) is 4.74 Å². The Morgan fingerprint density at radius 1 is 1.40 bits per heavy atom. The second-order valence-corrected chi connectivity index (χ2v) is 5.56. The normalized spacial score (nSPS) is 19.8. The summed E-state index contributed by atoms with van der Waals surface area (Å²) in [6, 6.07) is 4.83. The molecule has 0 spiro atoms. The molecule has 2 aromatic rings. The van der Waals surface area contributed by atoms with Gasteiger partial charge in [-0.2, -0.15) is 4.98 Å². The molecule has 0 saturated carbocycles. The van der Waals surface area contributed by atoms with Gasteiger partial charge in [0.25, 0.3) is 5.91 Å². The van der Waals surface area contributed by atoms with Crippen LogP contribution in [0.4, 0.5) is 14.6 Å². The molecule has 132 valence electrons. The number of benzene rings is 1. The Balaban J connectivity index is 1.81. The molecule has 1 aromatic heterocycles. The minimum atomic E-state index is -0.930. The number of ether oxygens (including phenoxy) is 1. The summed E-state index contributed by atoms with van der Waals surface area (Å²) in [4.78, 5) is 27.6. The van der Waals surface area contributed by atoms with E-state index in [2.05, 4.69) is 10.3 Å². The van der Waals surface area contributed by atoms with Gasteiger partial charge < -0.3 is 15.2 Å². The van der Waals surface area contributed by atoms with E-state index in [-0.39, 0.29) is 12.2 Å². The molecular weight excluding hydrogens is 336 g/mol. The van der Waals surface area contributed by atoms with Crippen molar-refractivity contribution < 1.29 is 23.4 Å². The van der Waals surface area contributed by atoms with Gasteiger partial charge in [-0.15, -0.1) is 0 Å². The fourth-order valence-corrected chi connectivity index (χ4v) is 2.57. The van der Waals surface area contributed by atoms with Gasteiger partial charge in [0.2, 0.25) is 0 Å². The van der Waals surface area contributed by atoms with E-state index in [1.807, 2.05) is 0 Å². The second kappa shape index (κ2) is 7.08. The van der Waals surface area contributed by atoms with Crippen LogP contribution in [0, 0.1) is 11.6 Å². The molecular formula is C16H15F2N3O4. The number of aromatic nitrogens is 2. The Bertz CT molecular complexity index is 856. The van der Waals surface area contributed by atoms with E-state index >= 15 is 0 Å². The number of carbonyl (C=O) groups is 1. The molecule has 3 rings (SSSR count). The molecule has 1 saturated heterocycles. The SMILES string of the molecule is O=C(Nc1nc(=O)n([C@H]2CC[C@@H](CO)O2)cc1F)c1cccc(F)c1. The standard InChI is InChI=1S/C16H15F2N3O4/c17-10-3-1-2-9(6-10)15(23)19-14-12(18)7-21(16(24)20-14)13-5-4-11(8-22)25-13/h1-3,6-7,11,13,22H,4-5,8H2,(H,19,20,23,24)/t11-,13+/m0/s1. The van der Waals surface area contributed by atoms with E-state index in [9.17, 15) is 18.4 Å². The summed E-state index contributed by atoms with van der Waals surface area (Å²) in [6.07, 6.45) is 0.724. The van der Waals surface area contributed by atoms with Crippen LogP contribution in [0.15, 0.2) is 35.3 Å². The van der Waals surface area contributed by atoms with Gasteiger partial charge in [0.15, 0.2) is 11.6 Å². The maximum atomic E-state index is 14.2. The summed E-state index contributed by atoms with van der Waals surface area (Å²) in [5.74, 6) is -2.89. The van der Waals surface area contributed by atoms with Crippen LogP contribution >= 0.6 is 0 Å². The maximum Gasteiger partial charge on any atom is 0.351 e. The van der Waals surface area contributed by atoms with E-state index in [1.165, 1.54) is 12.1 Å². The van der Waals surface area contributed by atoms with Gasteiger partial charge in [-0.05, 0) is 31.0 Å². The van der Waals surface area contributed by atoms with Crippen LogP contribution in [0.3, 0.4) is 0 Å². The Kier molecular flexibility index (Phi) is 4.86. The highest BCUT2D eigenvalue weighted by atomic mass is 19.1. The fraction of sp³-hybridized carbons (Fsp3) is 0.312. The molecule has 0 radical (unpaired) electrons.